The normalized spacial score (nSPS) is 13.5. The van der Waals surface area contributed by atoms with E-state index >= 15 is 0 Å². The lowest BCUT2D eigenvalue weighted by molar-refractivity contribution is 0.660. The molecule has 0 N–H and O–H groups in total. The topological polar surface area (TPSA) is 8.17 Å². The Morgan fingerprint density at radius 2 is 1.35 bits per heavy atom. The molecule has 0 saturated heterocycles. The van der Waals surface area contributed by atoms with Gasteiger partial charge in [0, 0.05) is 39.8 Å². The van der Waals surface area contributed by atoms with Crippen molar-refractivity contribution < 1.29 is 0 Å². The van der Waals surface area contributed by atoms with Gasteiger partial charge in [0.25, 0.3) is 0 Å². The lowest BCUT2D eigenvalue weighted by Crippen LogP contribution is -2.19. The summed E-state index contributed by atoms with van der Waals surface area (Å²) in [7, 11) is 0. The summed E-state index contributed by atoms with van der Waals surface area (Å²) in [5.41, 5.74) is 13.3. The monoisotopic (exact) mass is 616 g/mol. The van der Waals surface area contributed by atoms with Crippen LogP contribution in [0.15, 0.2) is 164 Å². The van der Waals surface area contributed by atoms with E-state index in [-0.39, 0.29) is 5.41 Å². The number of anilines is 2. The number of hydrogen-bond donors (Lipinski definition) is 0. The van der Waals surface area contributed by atoms with Crippen molar-refractivity contribution in [1.82, 2.24) is 4.57 Å². The molecule has 7 aromatic rings. The highest BCUT2D eigenvalue weighted by Crippen LogP contribution is 2.49. The van der Waals surface area contributed by atoms with Crippen LogP contribution in [0.4, 0.5) is 11.4 Å². The van der Waals surface area contributed by atoms with Crippen LogP contribution in [0.5, 0.6) is 0 Å². The number of rotatable bonds is 7. The van der Waals surface area contributed by atoms with Gasteiger partial charge in [-0.2, -0.15) is 0 Å². The first kappa shape index (κ1) is 29.4. The number of benzene rings is 6. The third-order valence-corrected chi connectivity index (χ3v) is 9.79. The molecule has 0 saturated carbocycles. The van der Waals surface area contributed by atoms with Crippen LogP contribution in [-0.2, 0) is 5.41 Å². The number of para-hydroxylation sites is 3. The van der Waals surface area contributed by atoms with Crippen molar-refractivity contribution in [2.24, 2.45) is 0 Å². The van der Waals surface area contributed by atoms with Crippen LogP contribution in [0.1, 0.15) is 30.5 Å². The van der Waals surface area contributed by atoms with E-state index in [1.807, 2.05) is 6.08 Å². The maximum absolute atomic E-state index is 5.90. The third kappa shape index (κ3) is 4.93. The summed E-state index contributed by atoms with van der Waals surface area (Å²) < 4.78 is 2.34. The first-order chi connectivity index (χ1) is 23.5. The van der Waals surface area contributed by atoms with Gasteiger partial charge in [-0.15, -0.1) is 6.42 Å². The van der Waals surface area contributed by atoms with Gasteiger partial charge < -0.3 is 9.47 Å². The third-order valence-electron chi connectivity index (χ3n) is 9.79. The maximum Gasteiger partial charge on any atom is 0.0541 e. The highest BCUT2D eigenvalue weighted by atomic mass is 15.1. The van der Waals surface area contributed by atoms with Crippen LogP contribution >= 0.6 is 0 Å². The lowest BCUT2D eigenvalue weighted by atomic mass is 9.82. The average Bonchev–Trinajstić information content (AvgIpc) is 3.58. The highest BCUT2D eigenvalue weighted by molar-refractivity contribution is 6.10. The standard InChI is InChI=1S/C46H36N2/c1-4-16-33(34-26-29-45-41(31-34)40-23-12-14-25-44(40)48(45)36-20-9-6-10-21-36)17-15-30-47(35-18-7-5-8-19-35)37-27-28-39-38-22-11-13-24-42(38)46(2,3)43(39)32-37/h1,5-29,31-32H,30H2,2-3H3/b17-15-,33-16+. The van der Waals surface area contributed by atoms with E-state index in [1.54, 1.807) is 0 Å². The van der Waals surface area contributed by atoms with Crippen molar-refractivity contribution in [2.75, 3.05) is 11.4 Å². The molecule has 0 unspecified atom stereocenters. The van der Waals surface area contributed by atoms with Crippen LogP contribution in [0.3, 0.4) is 0 Å². The van der Waals surface area contributed by atoms with Crippen molar-refractivity contribution in [3.8, 4) is 29.2 Å². The number of terminal acetylenes is 1. The summed E-state index contributed by atoms with van der Waals surface area (Å²) in [4.78, 5) is 2.38. The van der Waals surface area contributed by atoms with E-state index in [4.69, 9.17) is 6.42 Å². The summed E-state index contributed by atoms with van der Waals surface area (Å²) in [6.07, 6.45) is 12.2. The molecule has 2 heteroatoms. The Morgan fingerprint density at radius 3 is 2.17 bits per heavy atom. The molecule has 1 aromatic heterocycles. The van der Waals surface area contributed by atoms with Crippen LogP contribution in [0, 0.1) is 12.3 Å². The van der Waals surface area contributed by atoms with Gasteiger partial charge in [-0.05, 0) is 94.1 Å². The Balaban J connectivity index is 1.16. The molecule has 1 heterocycles. The Bertz CT molecular complexity index is 2400. The molecule has 0 aliphatic heterocycles. The van der Waals surface area contributed by atoms with E-state index in [0.29, 0.717) is 6.54 Å². The second-order valence-electron chi connectivity index (χ2n) is 12.9. The number of allylic oxidation sites excluding steroid dienone is 3. The summed E-state index contributed by atoms with van der Waals surface area (Å²) >= 11 is 0. The highest BCUT2D eigenvalue weighted by Gasteiger charge is 2.35. The van der Waals surface area contributed by atoms with Gasteiger partial charge in [-0.1, -0.05) is 123 Å². The maximum atomic E-state index is 5.90. The van der Waals surface area contributed by atoms with Gasteiger partial charge in [0.1, 0.15) is 0 Å². The van der Waals surface area contributed by atoms with Gasteiger partial charge in [-0.25, -0.2) is 0 Å². The summed E-state index contributed by atoms with van der Waals surface area (Å²) in [5.74, 6) is 2.80. The molecule has 6 aromatic carbocycles. The molecule has 48 heavy (non-hydrogen) atoms. The number of fused-ring (bicyclic) bond motifs is 6. The predicted octanol–water partition coefficient (Wildman–Crippen LogP) is 11.5. The van der Waals surface area contributed by atoms with Crippen LogP contribution < -0.4 is 4.90 Å². The molecular formula is C46H36N2. The zero-order valence-corrected chi connectivity index (χ0v) is 27.3. The fourth-order valence-electron chi connectivity index (χ4n) is 7.44. The van der Waals surface area contributed by atoms with Crippen LogP contribution in [0.25, 0.3) is 44.2 Å². The molecule has 0 atom stereocenters. The average molecular weight is 617 g/mol. The quantitative estimate of drug-likeness (QED) is 0.128. The molecule has 0 fully saturated rings. The summed E-state index contributed by atoms with van der Waals surface area (Å²) in [5, 5.41) is 2.43. The minimum absolute atomic E-state index is 0.0644. The Morgan fingerprint density at radius 1 is 0.667 bits per heavy atom. The smallest absolute Gasteiger partial charge is 0.0541 e. The molecule has 0 bridgehead atoms. The number of hydrogen-bond acceptors (Lipinski definition) is 1. The minimum atomic E-state index is -0.0644. The van der Waals surface area contributed by atoms with Gasteiger partial charge in [-0.3, -0.25) is 0 Å². The molecule has 0 radical (unpaired) electrons. The van der Waals surface area contributed by atoms with Gasteiger partial charge in [0.15, 0.2) is 0 Å². The summed E-state index contributed by atoms with van der Waals surface area (Å²) in [6.45, 7) is 5.35. The van der Waals surface area contributed by atoms with Crippen molar-refractivity contribution in [1.29, 1.82) is 0 Å². The van der Waals surface area contributed by atoms with Crippen LogP contribution in [-0.4, -0.2) is 11.1 Å². The van der Waals surface area contributed by atoms with Gasteiger partial charge in [0.05, 0.1) is 11.0 Å². The van der Waals surface area contributed by atoms with E-state index < -0.39 is 0 Å². The van der Waals surface area contributed by atoms with Crippen molar-refractivity contribution in [3.63, 3.8) is 0 Å². The summed E-state index contributed by atoms with van der Waals surface area (Å²) in [6, 6.07) is 52.2. The molecule has 1 aliphatic carbocycles. The zero-order chi connectivity index (χ0) is 32.7. The van der Waals surface area contributed by atoms with Crippen LogP contribution in [0.2, 0.25) is 0 Å². The molecule has 8 rings (SSSR count). The van der Waals surface area contributed by atoms with Crippen molar-refractivity contribution in [2.45, 2.75) is 19.3 Å². The predicted molar refractivity (Wildman–Crippen MR) is 204 cm³/mol. The molecular weight excluding hydrogens is 581 g/mol. The van der Waals surface area contributed by atoms with E-state index in [0.717, 1.165) is 22.5 Å². The Kier molecular flexibility index (Phi) is 7.32. The number of aromatic nitrogens is 1. The fraction of sp³-hybridized carbons (Fsp3) is 0.0870. The molecule has 0 amide bonds. The zero-order valence-electron chi connectivity index (χ0n) is 27.3. The Hall–Kier alpha value is -6.04. The second kappa shape index (κ2) is 12.0. The van der Waals surface area contributed by atoms with E-state index in [2.05, 4.69) is 187 Å². The molecule has 230 valence electrons. The largest absolute Gasteiger partial charge is 0.338 e. The van der Waals surface area contributed by atoms with Crippen molar-refractivity contribution in [3.05, 3.63) is 181 Å². The first-order valence-electron chi connectivity index (χ1n) is 16.5. The van der Waals surface area contributed by atoms with E-state index in [9.17, 15) is 0 Å². The van der Waals surface area contributed by atoms with E-state index in [1.165, 1.54) is 49.7 Å². The first-order valence-corrected chi connectivity index (χ1v) is 16.5. The molecule has 1 aliphatic rings. The second-order valence-corrected chi connectivity index (χ2v) is 12.9. The SMILES string of the molecule is C#C/C=C(\C=C/CN(c1ccccc1)c1ccc2c(c1)C(C)(C)c1ccccc1-2)c1ccc2c(c1)c1ccccc1n2-c1ccccc1. The lowest BCUT2D eigenvalue weighted by Gasteiger charge is -2.27. The molecule has 2 nitrogen and oxygen atoms in total. The van der Waals surface area contributed by atoms with Gasteiger partial charge in [0.2, 0.25) is 0 Å². The minimum Gasteiger partial charge on any atom is -0.338 e. The molecule has 0 spiro atoms. The van der Waals surface area contributed by atoms with Gasteiger partial charge >= 0.3 is 0 Å². The Labute approximate surface area is 282 Å². The van der Waals surface area contributed by atoms with Crippen molar-refractivity contribution >= 4 is 38.8 Å². The fourth-order valence-corrected chi connectivity index (χ4v) is 7.44. The number of nitrogens with zero attached hydrogens (tertiary/aromatic N) is 2.